The van der Waals surface area contributed by atoms with Crippen LogP contribution in [0.1, 0.15) is 0 Å². The molecule has 0 fully saturated rings. The average Bonchev–Trinajstić information content (AvgIpc) is 3.87. The van der Waals surface area contributed by atoms with Crippen LogP contribution in [0.25, 0.3) is 91.5 Å². The van der Waals surface area contributed by atoms with Gasteiger partial charge in [-0.2, -0.15) is 0 Å². The molecule has 1 aliphatic rings. The van der Waals surface area contributed by atoms with Crippen LogP contribution in [0, 0.1) is 0 Å². The number of fused-ring (bicyclic) bond motifs is 11. The highest BCUT2D eigenvalue weighted by Gasteiger charge is 2.27. The van der Waals surface area contributed by atoms with Crippen LogP contribution in [-0.2, 0) is 0 Å². The van der Waals surface area contributed by atoms with Gasteiger partial charge < -0.3 is 9.47 Å². The molecule has 9 aromatic carbocycles. The molecule has 0 spiro atoms. The van der Waals surface area contributed by atoms with E-state index in [0.29, 0.717) is 0 Å². The first-order valence-corrected chi connectivity index (χ1v) is 19.0. The summed E-state index contributed by atoms with van der Waals surface area (Å²) < 4.78 is 5.01. The van der Waals surface area contributed by atoms with Gasteiger partial charge in [-0.1, -0.05) is 115 Å². The van der Waals surface area contributed by atoms with Gasteiger partial charge in [0.25, 0.3) is 0 Å². The number of rotatable bonds is 4. The average molecular weight is 691 g/mol. The predicted octanol–water partition coefficient (Wildman–Crippen LogP) is 14.6. The molecule has 2 aromatic heterocycles. The van der Waals surface area contributed by atoms with Crippen molar-refractivity contribution < 1.29 is 0 Å². The Bertz CT molecular complexity index is 3290. The lowest BCUT2D eigenvalue weighted by Crippen LogP contribution is -2.10. The van der Waals surface area contributed by atoms with Gasteiger partial charge in [-0.25, -0.2) is 0 Å². The maximum Gasteiger partial charge on any atom is 0.0561 e. The Balaban J connectivity index is 1.16. The molecule has 11 aromatic rings. The van der Waals surface area contributed by atoms with Gasteiger partial charge in [0.2, 0.25) is 0 Å². The highest BCUT2D eigenvalue weighted by Crippen LogP contribution is 2.53. The number of thiophene rings is 1. The zero-order valence-corrected chi connectivity index (χ0v) is 29.4. The first-order valence-electron chi connectivity index (χ1n) is 18.2. The summed E-state index contributed by atoms with van der Waals surface area (Å²) in [4.78, 5) is 2.50. The van der Waals surface area contributed by atoms with Gasteiger partial charge in [0.1, 0.15) is 0 Å². The van der Waals surface area contributed by atoms with Crippen molar-refractivity contribution in [2.45, 2.75) is 0 Å². The maximum absolute atomic E-state index is 2.50. The lowest BCUT2D eigenvalue weighted by atomic mass is 9.96. The molecule has 0 radical (unpaired) electrons. The third-order valence-corrected chi connectivity index (χ3v) is 12.4. The number of hydrogen-bond acceptors (Lipinski definition) is 2. The molecule has 0 bridgehead atoms. The Hall–Kier alpha value is -6.68. The lowest BCUT2D eigenvalue weighted by molar-refractivity contribution is 1.18. The summed E-state index contributed by atoms with van der Waals surface area (Å²) in [5, 5.41) is 10.3. The standard InChI is InChI=1S/C50H30N2S/c1-2-14-33(15-3-1)52-43-20-8-6-17-37(43)38-26-24-35(30-45(38)52)51(44-21-11-23-47-50(44)41-18-7-9-22-46(41)53-47)34-25-27-40-42(29-34)39-19-10-13-32-28-31-12-4-5-16-36(31)49(40)48(32)39/h1-30H. The van der Waals surface area contributed by atoms with Crippen LogP contribution in [0.3, 0.4) is 0 Å². The van der Waals surface area contributed by atoms with Crippen molar-refractivity contribution in [3.05, 3.63) is 182 Å². The fraction of sp³-hybridized carbons (Fsp3) is 0. The largest absolute Gasteiger partial charge is 0.310 e. The van der Waals surface area contributed by atoms with E-state index in [0.717, 1.165) is 17.1 Å². The van der Waals surface area contributed by atoms with E-state index in [1.54, 1.807) is 0 Å². The van der Waals surface area contributed by atoms with E-state index in [2.05, 4.69) is 191 Å². The molecule has 53 heavy (non-hydrogen) atoms. The topological polar surface area (TPSA) is 8.17 Å². The van der Waals surface area contributed by atoms with Crippen molar-refractivity contribution >= 4 is 91.9 Å². The molecule has 1 aliphatic carbocycles. The summed E-state index contributed by atoms with van der Waals surface area (Å²) in [6.07, 6.45) is 0. The van der Waals surface area contributed by atoms with E-state index in [4.69, 9.17) is 0 Å². The Morgan fingerprint density at radius 1 is 0.396 bits per heavy atom. The van der Waals surface area contributed by atoms with Crippen LogP contribution >= 0.6 is 11.3 Å². The van der Waals surface area contributed by atoms with Gasteiger partial charge in [-0.3, -0.25) is 0 Å². The van der Waals surface area contributed by atoms with Crippen LogP contribution < -0.4 is 4.90 Å². The van der Waals surface area contributed by atoms with Crippen molar-refractivity contribution in [3.63, 3.8) is 0 Å². The molecular formula is C50H30N2S. The SMILES string of the molecule is c1ccc(-n2c3ccccc3c3ccc(N(c4ccc5c(c4)-c4cccc6cc7ccccc7c-5c46)c4cccc5sc6ccccc6c45)cc32)cc1. The van der Waals surface area contributed by atoms with Crippen LogP contribution in [-0.4, -0.2) is 4.57 Å². The third kappa shape index (κ3) is 4.08. The molecule has 0 aliphatic heterocycles. The van der Waals surface area contributed by atoms with Gasteiger partial charge in [0.05, 0.1) is 16.7 Å². The van der Waals surface area contributed by atoms with Crippen molar-refractivity contribution in [3.8, 4) is 27.9 Å². The third-order valence-electron chi connectivity index (χ3n) is 11.3. The van der Waals surface area contributed by atoms with E-state index in [-0.39, 0.29) is 0 Å². The van der Waals surface area contributed by atoms with Crippen LogP contribution in [0.4, 0.5) is 17.1 Å². The van der Waals surface area contributed by atoms with Crippen molar-refractivity contribution in [1.29, 1.82) is 0 Å². The molecule has 0 saturated heterocycles. The molecule has 2 nitrogen and oxygen atoms in total. The molecule has 246 valence electrons. The maximum atomic E-state index is 2.50. The monoisotopic (exact) mass is 690 g/mol. The molecule has 2 heterocycles. The Morgan fingerprint density at radius 3 is 2.02 bits per heavy atom. The molecule has 0 saturated carbocycles. The smallest absolute Gasteiger partial charge is 0.0561 e. The van der Waals surface area contributed by atoms with E-state index < -0.39 is 0 Å². The zero-order chi connectivity index (χ0) is 34.6. The Kier molecular flexibility index (Phi) is 5.96. The summed E-state index contributed by atoms with van der Waals surface area (Å²) in [5.41, 5.74) is 12.2. The fourth-order valence-corrected chi connectivity index (χ4v) is 10.2. The number of hydrogen-bond donors (Lipinski definition) is 0. The molecule has 3 heteroatoms. The minimum Gasteiger partial charge on any atom is -0.310 e. The summed E-state index contributed by atoms with van der Waals surface area (Å²) in [6.45, 7) is 0. The van der Waals surface area contributed by atoms with Gasteiger partial charge >= 0.3 is 0 Å². The Morgan fingerprint density at radius 2 is 1.09 bits per heavy atom. The van der Waals surface area contributed by atoms with E-state index >= 15 is 0 Å². The molecule has 0 amide bonds. The molecule has 12 rings (SSSR count). The van der Waals surface area contributed by atoms with Gasteiger partial charge in [0, 0.05) is 48.0 Å². The quantitative estimate of drug-likeness (QED) is 0.167. The number of aromatic nitrogens is 1. The van der Waals surface area contributed by atoms with Crippen LogP contribution in [0.15, 0.2) is 182 Å². The molecular weight excluding hydrogens is 661 g/mol. The molecule has 0 N–H and O–H groups in total. The summed E-state index contributed by atoms with van der Waals surface area (Å²) in [5.74, 6) is 0. The second kappa shape index (κ2) is 10.9. The van der Waals surface area contributed by atoms with E-state index in [1.165, 1.54) is 91.5 Å². The number of anilines is 3. The summed E-state index contributed by atoms with van der Waals surface area (Å²) >= 11 is 1.87. The van der Waals surface area contributed by atoms with Gasteiger partial charge in [-0.05, 0) is 111 Å². The fourth-order valence-electron chi connectivity index (χ4n) is 9.06. The van der Waals surface area contributed by atoms with E-state index in [1.807, 2.05) is 11.3 Å². The molecule has 0 atom stereocenters. The predicted molar refractivity (Wildman–Crippen MR) is 228 cm³/mol. The summed E-state index contributed by atoms with van der Waals surface area (Å²) in [7, 11) is 0. The second-order valence-electron chi connectivity index (χ2n) is 14.1. The van der Waals surface area contributed by atoms with Crippen LogP contribution in [0.5, 0.6) is 0 Å². The minimum absolute atomic E-state index is 1.12. The van der Waals surface area contributed by atoms with Crippen molar-refractivity contribution in [2.24, 2.45) is 0 Å². The normalized spacial score (nSPS) is 12.2. The Labute approximate surface area is 310 Å². The number of para-hydroxylation sites is 2. The highest BCUT2D eigenvalue weighted by atomic mass is 32.1. The number of benzene rings is 9. The van der Waals surface area contributed by atoms with Gasteiger partial charge in [0.15, 0.2) is 0 Å². The highest BCUT2D eigenvalue weighted by molar-refractivity contribution is 7.26. The molecule has 0 unspecified atom stereocenters. The van der Waals surface area contributed by atoms with Crippen LogP contribution in [0.2, 0.25) is 0 Å². The zero-order valence-electron chi connectivity index (χ0n) is 28.6. The van der Waals surface area contributed by atoms with Crippen molar-refractivity contribution in [2.75, 3.05) is 4.90 Å². The first kappa shape index (κ1) is 29.0. The summed E-state index contributed by atoms with van der Waals surface area (Å²) in [6, 6.07) is 67.3. The van der Waals surface area contributed by atoms with E-state index in [9.17, 15) is 0 Å². The lowest BCUT2D eigenvalue weighted by Gasteiger charge is -2.27. The minimum atomic E-state index is 1.12. The number of nitrogens with zero attached hydrogens (tertiary/aromatic N) is 2. The van der Waals surface area contributed by atoms with Crippen molar-refractivity contribution in [1.82, 2.24) is 4.57 Å². The first-order chi connectivity index (χ1) is 26.3. The van der Waals surface area contributed by atoms with Gasteiger partial charge in [-0.15, -0.1) is 11.3 Å². The second-order valence-corrected chi connectivity index (χ2v) is 15.2.